The quantitative estimate of drug-likeness (QED) is 0.300. The number of hydrogen-bond donors (Lipinski definition) is 3. The monoisotopic (exact) mass is 534 g/mol. The van der Waals surface area contributed by atoms with E-state index in [2.05, 4.69) is 32.0 Å². The molecule has 0 radical (unpaired) electrons. The van der Waals surface area contributed by atoms with Crippen LogP contribution < -0.4 is 20.8 Å². The Balaban J connectivity index is 1.60. The molecule has 0 unspecified atom stereocenters. The summed E-state index contributed by atoms with van der Waals surface area (Å²) < 4.78 is 7.55. The van der Waals surface area contributed by atoms with Crippen molar-refractivity contribution in [1.29, 1.82) is 0 Å². The molecule has 4 rings (SSSR count). The Morgan fingerprint density at radius 3 is 2.37 bits per heavy atom. The normalized spacial score (nSPS) is 10.6. The van der Waals surface area contributed by atoms with Crippen LogP contribution in [0.15, 0.2) is 77.3 Å². The molecule has 8 nitrogen and oxygen atoms in total. The van der Waals surface area contributed by atoms with Gasteiger partial charge in [0.1, 0.15) is 11.4 Å². The molecule has 4 aromatic rings. The number of ether oxygens (including phenoxy) is 1. The predicted molar refractivity (Wildman–Crippen MR) is 139 cm³/mol. The number of carbonyl (C=O) groups is 3. The number of benzene rings is 3. The van der Waals surface area contributed by atoms with E-state index in [0.29, 0.717) is 34.6 Å². The van der Waals surface area contributed by atoms with E-state index in [1.807, 2.05) is 32.0 Å². The summed E-state index contributed by atoms with van der Waals surface area (Å²) in [6, 6.07) is 21.1. The summed E-state index contributed by atoms with van der Waals surface area (Å²) in [6.45, 7) is 4.26. The lowest BCUT2D eigenvalue weighted by molar-refractivity contribution is -0.133. The van der Waals surface area contributed by atoms with Gasteiger partial charge in [0.05, 0.1) is 12.1 Å². The highest BCUT2D eigenvalue weighted by atomic mass is 79.9. The van der Waals surface area contributed by atoms with Crippen molar-refractivity contribution in [2.75, 3.05) is 22.7 Å². The van der Waals surface area contributed by atoms with Crippen molar-refractivity contribution in [3.63, 3.8) is 0 Å². The Morgan fingerprint density at radius 2 is 1.66 bits per heavy atom. The Bertz CT molecular complexity index is 1410. The van der Waals surface area contributed by atoms with Gasteiger partial charge in [-0.15, -0.1) is 0 Å². The lowest BCUT2D eigenvalue weighted by atomic mass is 10.2. The van der Waals surface area contributed by atoms with Gasteiger partial charge in [-0.1, -0.05) is 34.1 Å². The van der Waals surface area contributed by atoms with Crippen LogP contribution in [-0.4, -0.2) is 29.0 Å². The first-order chi connectivity index (χ1) is 16.9. The van der Waals surface area contributed by atoms with E-state index < -0.39 is 17.7 Å². The zero-order valence-corrected chi connectivity index (χ0v) is 20.7. The van der Waals surface area contributed by atoms with Gasteiger partial charge in [0.15, 0.2) is 0 Å². The third-order valence-corrected chi connectivity index (χ3v) is 5.73. The summed E-state index contributed by atoms with van der Waals surface area (Å²) in [5.41, 5.74) is 5.17. The molecule has 0 aliphatic rings. The zero-order chi connectivity index (χ0) is 24.9. The number of aryl methyl sites for hydroxylation is 1. The van der Waals surface area contributed by atoms with Crippen molar-refractivity contribution < 1.29 is 19.1 Å². The Labute approximate surface area is 210 Å². The molecule has 3 amide bonds. The molecule has 0 saturated heterocycles. The maximum absolute atomic E-state index is 13.2. The third-order valence-electron chi connectivity index (χ3n) is 5.23. The van der Waals surface area contributed by atoms with Gasteiger partial charge in [0, 0.05) is 21.2 Å². The van der Waals surface area contributed by atoms with E-state index in [-0.39, 0.29) is 5.69 Å². The lowest BCUT2D eigenvalue weighted by Gasteiger charge is -2.13. The van der Waals surface area contributed by atoms with Crippen LogP contribution in [0.25, 0.3) is 10.9 Å². The Kier molecular flexibility index (Phi) is 7.17. The first kappa shape index (κ1) is 24.0. The van der Waals surface area contributed by atoms with Gasteiger partial charge in [-0.3, -0.25) is 19.8 Å². The standard InChI is InChI=1S/C26H23BrN4O4/c1-3-35-20-11-9-19(10-12-20)28-24(32)23-15-17-14-18(27)8-13-22(17)31(23)30-26(34)25(33)29-21-7-5-4-6-16(21)2/h4-15H,3H2,1-2H3,(H,28,32)(H,29,33)(H,30,34). The number of aromatic nitrogens is 1. The molecule has 3 N–H and O–H groups in total. The van der Waals surface area contributed by atoms with E-state index in [0.717, 1.165) is 10.0 Å². The molecule has 3 aromatic carbocycles. The Hall–Kier alpha value is -4.11. The minimum absolute atomic E-state index is 0.157. The highest BCUT2D eigenvalue weighted by Gasteiger charge is 2.21. The van der Waals surface area contributed by atoms with E-state index in [4.69, 9.17) is 4.74 Å². The van der Waals surface area contributed by atoms with Crippen molar-refractivity contribution in [3.8, 4) is 5.75 Å². The van der Waals surface area contributed by atoms with Crippen LogP contribution in [0.2, 0.25) is 0 Å². The molecular weight excluding hydrogens is 512 g/mol. The average molecular weight is 535 g/mol. The van der Waals surface area contributed by atoms with Gasteiger partial charge in [0.25, 0.3) is 5.91 Å². The first-order valence-electron chi connectivity index (χ1n) is 10.9. The molecule has 0 saturated carbocycles. The summed E-state index contributed by atoms with van der Waals surface area (Å²) in [7, 11) is 0. The fourth-order valence-corrected chi connectivity index (χ4v) is 3.89. The zero-order valence-electron chi connectivity index (χ0n) is 19.1. The highest BCUT2D eigenvalue weighted by molar-refractivity contribution is 9.10. The fraction of sp³-hybridized carbons (Fsp3) is 0.115. The molecule has 0 bridgehead atoms. The molecule has 0 atom stereocenters. The summed E-state index contributed by atoms with van der Waals surface area (Å²) >= 11 is 3.42. The third kappa shape index (κ3) is 5.52. The van der Waals surface area contributed by atoms with Gasteiger partial charge in [-0.2, -0.15) is 0 Å². The van der Waals surface area contributed by atoms with Crippen LogP contribution in [0.1, 0.15) is 23.0 Å². The largest absolute Gasteiger partial charge is 0.494 e. The van der Waals surface area contributed by atoms with Crippen LogP contribution >= 0.6 is 15.9 Å². The molecule has 9 heteroatoms. The number of anilines is 2. The smallest absolute Gasteiger partial charge is 0.328 e. The van der Waals surface area contributed by atoms with Crippen LogP contribution in [0, 0.1) is 6.92 Å². The van der Waals surface area contributed by atoms with Crippen LogP contribution in [-0.2, 0) is 9.59 Å². The van der Waals surface area contributed by atoms with Gasteiger partial charge >= 0.3 is 11.8 Å². The number of nitrogens with zero attached hydrogens (tertiary/aromatic N) is 1. The number of hydrogen-bond acceptors (Lipinski definition) is 4. The van der Waals surface area contributed by atoms with Crippen molar-refractivity contribution in [1.82, 2.24) is 4.68 Å². The second-order valence-corrected chi connectivity index (χ2v) is 8.61. The van der Waals surface area contributed by atoms with Crippen LogP contribution in [0.3, 0.4) is 0 Å². The number of carbonyl (C=O) groups excluding carboxylic acids is 3. The summed E-state index contributed by atoms with van der Waals surface area (Å²) in [5, 5.41) is 6.12. The number of nitrogens with one attached hydrogen (secondary N) is 3. The molecule has 1 heterocycles. The van der Waals surface area contributed by atoms with Gasteiger partial charge in [-0.05, 0) is 74.0 Å². The van der Waals surface area contributed by atoms with Crippen LogP contribution in [0.5, 0.6) is 5.75 Å². The second-order valence-electron chi connectivity index (χ2n) is 7.69. The highest BCUT2D eigenvalue weighted by Crippen LogP contribution is 2.24. The number of para-hydroxylation sites is 1. The second kappa shape index (κ2) is 10.4. The lowest BCUT2D eigenvalue weighted by Crippen LogP contribution is -2.36. The predicted octanol–water partition coefficient (Wildman–Crippen LogP) is 5.07. The summed E-state index contributed by atoms with van der Waals surface area (Å²) in [5.74, 6) is -1.53. The van der Waals surface area contributed by atoms with Gasteiger partial charge < -0.3 is 15.4 Å². The average Bonchev–Trinajstić information content (AvgIpc) is 3.19. The first-order valence-corrected chi connectivity index (χ1v) is 11.7. The molecule has 0 fully saturated rings. The molecule has 0 spiro atoms. The van der Waals surface area contributed by atoms with Crippen LogP contribution in [0.4, 0.5) is 11.4 Å². The van der Waals surface area contributed by atoms with Crippen molar-refractivity contribution in [2.24, 2.45) is 0 Å². The van der Waals surface area contributed by atoms with Crippen molar-refractivity contribution in [2.45, 2.75) is 13.8 Å². The number of halogens is 1. The van der Waals surface area contributed by atoms with Gasteiger partial charge in [0.2, 0.25) is 0 Å². The van der Waals surface area contributed by atoms with Gasteiger partial charge in [-0.25, -0.2) is 4.68 Å². The minimum Gasteiger partial charge on any atom is -0.494 e. The van der Waals surface area contributed by atoms with E-state index in [1.54, 1.807) is 54.6 Å². The summed E-state index contributed by atoms with van der Waals surface area (Å²) in [6.07, 6.45) is 0. The molecule has 1 aromatic heterocycles. The fourth-order valence-electron chi connectivity index (χ4n) is 3.51. The maximum Gasteiger partial charge on any atom is 0.328 e. The number of rotatable bonds is 6. The van der Waals surface area contributed by atoms with E-state index in [1.165, 1.54) is 4.68 Å². The topological polar surface area (TPSA) is 101 Å². The maximum atomic E-state index is 13.2. The van der Waals surface area contributed by atoms with Crippen molar-refractivity contribution >= 4 is 55.9 Å². The molecular formula is C26H23BrN4O4. The minimum atomic E-state index is -0.913. The molecule has 178 valence electrons. The number of fused-ring (bicyclic) bond motifs is 1. The SMILES string of the molecule is CCOc1ccc(NC(=O)c2cc3cc(Br)ccc3n2NC(=O)C(=O)Nc2ccccc2C)cc1. The van der Waals surface area contributed by atoms with E-state index in [9.17, 15) is 14.4 Å². The summed E-state index contributed by atoms with van der Waals surface area (Å²) in [4.78, 5) is 38.5. The van der Waals surface area contributed by atoms with E-state index >= 15 is 0 Å². The molecule has 0 aliphatic carbocycles. The molecule has 0 aliphatic heterocycles. The number of amides is 3. The molecule has 35 heavy (non-hydrogen) atoms. The Morgan fingerprint density at radius 1 is 0.914 bits per heavy atom. The van der Waals surface area contributed by atoms with Crippen molar-refractivity contribution in [3.05, 3.63) is 88.5 Å².